The van der Waals surface area contributed by atoms with Crippen LogP contribution in [0.25, 0.3) is 0 Å². The number of hydrogen-bond donors (Lipinski definition) is 2. The minimum atomic E-state index is -0.607. The van der Waals surface area contributed by atoms with E-state index in [-0.39, 0.29) is 0 Å². The van der Waals surface area contributed by atoms with Gasteiger partial charge < -0.3 is 10.4 Å². The van der Waals surface area contributed by atoms with Crippen LogP contribution < -0.4 is 5.32 Å². The Morgan fingerprint density at radius 3 is 2.82 bits per heavy atom. The Kier molecular flexibility index (Phi) is 5.65. The molecular formula is C13H25N3O. The Morgan fingerprint density at radius 2 is 2.18 bits per heavy atom. The zero-order valence-corrected chi connectivity index (χ0v) is 11.2. The van der Waals surface area contributed by atoms with Crippen molar-refractivity contribution >= 4 is 0 Å². The third kappa shape index (κ3) is 4.88. The second-order valence-electron chi connectivity index (χ2n) is 4.90. The van der Waals surface area contributed by atoms with Gasteiger partial charge in [0.05, 0.1) is 11.3 Å². The van der Waals surface area contributed by atoms with Gasteiger partial charge >= 0.3 is 0 Å². The van der Waals surface area contributed by atoms with Gasteiger partial charge in [-0.2, -0.15) is 5.10 Å². The first-order valence-corrected chi connectivity index (χ1v) is 6.53. The van der Waals surface area contributed by atoms with Crippen molar-refractivity contribution in [3.63, 3.8) is 0 Å². The molecule has 0 fully saturated rings. The summed E-state index contributed by atoms with van der Waals surface area (Å²) in [5.74, 6) is 0. The lowest BCUT2D eigenvalue weighted by Crippen LogP contribution is -2.37. The first-order chi connectivity index (χ1) is 8.09. The molecule has 0 bridgehead atoms. The Bertz CT molecular complexity index is 320. The van der Waals surface area contributed by atoms with Gasteiger partial charge in [0.15, 0.2) is 0 Å². The highest BCUT2D eigenvalue weighted by molar-refractivity contribution is 5.00. The molecule has 1 heterocycles. The summed E-state index contributed by atoms with van der Waals surface area (Å²) in [6.45, 7) is 8.45. The van der Waals surface area contributed by atoms with Crippen LogP contribution in [0.2, 0.25) is 0 Å². The third-order valence-electron chi connectivity index (χ3n) is 2.84. The molecule has 0 aliphatic carbocycles. The van der Waals surface area contributed by atoms with Crippen LogP contribution in [0.15, 0.2) is 12.3 Å². The first kappa shape index (κ1) is 14.2. The highest BCUT2D eigenvalue weighted by Crippen LogP contribution is 2.10. The molecule has 98 valence electrons. The van der Waals surface area contributed by atoms with Gasteiger partial charge in [-0.1, -0.05) is 20.3 Å². The number of nitrogens with zero attached hydrogens (tertiary/aromatic N) is 2. The Morgan fingerprint density at radius 1 is 1.41 bits per heavy atom. The van der Waals surface area contributed by atoms with Gasteiger partial charge in [-0.25, -0.2) is 0 Å². The van der Waals surface area contributed by atoms with Crippen LogP contribution >= 0.6 is 0 Å². The molecule has 0 aliphatic rings. The molecule has 1 aromatic rings. The molecule has 0 aromatic carbocycles. The molecule has 1 aromatic heterocycles. The average Bonchev–Trinajstić information content (AvgIpc) is 2.66. The van der Waals surface area contributed by atoms with Crippen molar-refractivity contribution < 1.29 is 5.11 Å². The predicted octanol–water partition coefficient (Wildman–Crippen LogP) is 1.93. The molecule has 0 saturated carbocycles. The molecule has 4 nitrogen and oxygen atoms in total. The molecule has 0 amide bonds. The zero-order chi connectivity index (χ0) is 12.7. The standard InChI is InChI=1S/C13H25N3O/c1-4-7-13(3,17)11-14-10-12-6-8-15-16(12)9-5-2/h6,8,14,17H,4-5,7,9-11H2,1-3H3. The van der Waals surface area contributed by atoms with Gasteiger partial charge in [-0.05, 0) is 25.8 Å². The average molecular weight is 239 g/mol. The number of aromatic nitrogens is 2. The van der Waals surface area contributed by atoms with Crippen LogP contribution in [0, 0.1) is 0 Å². The lowest BCUT2D eigenvalue weighted by Gasteiger charge is -2.23. The first-order valence-electron chi connectivity index (χ1n) is 6.53. The Labute approximate surface area is 104 Å². The number of aryl methyl sites for hydroxylation is 1. The number of rotatable bonds is 8. The van der Waals surface area contributed by atoms with E-state index in [2.05, 4.69) is 24.3 Å². The van der Waals surface area contributed by atoms with E-state index in [0.717, 1.165) is 32.4 Å². The molecule has 17 heavy (non-hydrogen) atoms. The van der Waals surface area contributed by atoms with Crippen molar-refractivity contribution in [2.75, 3.05) is 6.54 Å². The fourth-order valence-electron chi connectivity index (χ4n) is 2.01. The van der Waals surface area contributed by atoms with Gasteiger partial charge in [0.1, 0.15) is 0 Å². The molecule has 0 aliphatic heterocycles. The maximum atomic E-state index is 10.0. The molecular weight excluding hydrogens is 214 g/mol. The summed E-state index contributed by atoms with van der Waals surface area (Å²) in [5, 5.41) is 17.6. The third-order valence-corrected chi connectivity index (χ3v) is 2.84. The Balaban J connectivity index is 2.37. The van der Waals surface area contributed by atoms with Crippen molar-refractivity contribution in [3.05, 3.63) is 18.0 Å². The van der Waals surface area contributed by atoms with Crippen LogP contribution in [0.3, 0.4) is 0 Å². The largest absolute Gasteiger partial charge is 0.389 e. The molecule has 0 spiro atoms. The topological polar surface area (TPSA) is 50.1 Å². The van der Waals surface area contributed by atoms with E-state index in [9.17, 15) is 5.11 Å². The lowest BCUT2D eigenvalue weighted by molar-refractivity contribution is 0.0496. The monoisotopic (exact) mass is 239 g/mol. The number of hydrogen-bond acceptors (Lipinski definition) is 3. The van der Waals surface area contributed by atoms with Crippen LogP contribution in [0.4, 0.5) is 0 Å². The molecule has 0 saturated heterocycles. The maximum Gasteiger partial charge on any atom is 0.0743 e. The molecule has 1 unspecified atom stereocenters. The fraction of sp³-hybridized carbons (Fsp3) is 0.769. The van der Waals surface area contributed by atoms with E-state index in [1.54, 1.807) is 0 Å². The molecule has 1 atom stereocenters. The quantitative estimate of drug-likeness (QED) is 0.729. The van der Waals surface area contributed by atoms with Crippen LogP contribution in [-0.2, 0) is 13.1 Å². The highest BCUT2D eigenvalue weighted by Gasteiger charge is 2.18. The van der Waals surface area contributed by atoms with Crippen molar-refractivity contribution in [2.24, 2.45) is 0 Å². The smallest absolute Gasteiger partial charge is 0.0743 e. The van der Waals surface area contributed by atoms with Gasteiger partial charge in [0.25, 0.3) is 0 Å². The summed E-state index contributed by atoms with van der Waals surface area (Å²) < 4.78 is 2.02. The second kappa shape index (κ2) is 6.77. The maximum absolute atomic E-state index is 10.0. The van der Waals surface area contributed by atoms with Crippen LogP contribution in [0.1, 0.15) is 45.7 Å². The molecule has 4 heteroatoms. The van der Waals surface area contributed by atoms with E-state index >= 15 is 0 Å². The lowest BCUT2D eigenvalue weighted by atomic mass is 10.0. The summed E-state index contributed by atoms with van der Waals surface area (Å²) in [4.78, 5) is 0. The summed E-state index contributed by atoms with van der Waals surface area (Å²) >= 11 is 0. The van der Waals surface area contributed by atoms with Crippen molar-refractivity contribution in [2.45, 2.75) is 58.7 Å². The fourth-order valence-corrected chi connectivity index (χ4v) is 2.01. The van der Waals surface area contributed by atoms with Crippen LogP contribution in [0.5, 0.6) is 0 Å². The summed E-state index contributed by atoms with van der Waals surface area (Å²) in [6, 6.07) is 2.02. The van der Waals surface area contributed by atoms with E-state index < -0.39 is 5.60 Å². The molecule has 0 radical (unpaired) electrons. The Hall–Kier alpha value is -0.870. The van der Waals surface area contributed by atoms with E-state index in [4.69, 9.17) is 0 Å². The number of nitrogens with one attached hydrogen (secondary N) is 1. The van der Waals surface area contributed by atoms with E-state index in [1.165, 1.54) is 5.69 Å². The highest BCUT2D eigenvalue weighted by atomic mass is 16.3. The minimum absolute atomic E-state index is 0.607. The van der Waals surface area contributed by atoms with Gasteiger partial charge in [-0.15, -0.1) is 0 Å². The van der Waals surface area contributed by atoms with Gasteiger partial charge in [-0.3, -0.25) is 4.68 Å². The van der Waals surface area contributed by atoms with Gasteiger partial charge in [0.2, 0.25) is 0 Å². The SMILES string of the molecule is CCCn1nccc1CNCC(C)(O)CCC. The van der Waals surface area contributed by atoms with Crippen LogP contribution in [-0.4, -0.2) is 27.0 Å². The number of aliphatic hydroxyl groups is 1. The second-order valence-corrected chi connectivity index (χ2v) is 4.90. The van der Waals surface area contributed by atoms with E-state index in [0.29, 0.717) is 6.54 Å². The van der Waals surface area contributed by atoms with Gasteiger partial charge in [0, 0.05) is 25.8 Å². The molecule has 2 N–H and O–H groups in total. The summed E-state index contributed by atoms with van der Waals surface area (Å²) in [6.07, 6.45) is 4.75. The molecule has 1 rings (SSSR count). The summed E-state index contributed by atoms with van der Waals surface area (Å²) in [5.41, 5.74) is 0.573. The van der Waals surface area contributed by atoms with Crippen molar-refractivity contribution in [1.29, 1.82) is 0 Å². The van der Waals surface area contributed by atoms with E-state index in [1.807, 2.05) is 23.9 Å². The summed E-state index contributed by atoms with van der Waals surface area (Å²) in [7, 11) is 0. The normalized spacial score (nSPS) is 14.8. The van der Waals surface area contributed by atoms with Crippen molar-refractivity contribution in [1.82, 2.24) is 15.1 Å². The predicted molar refractivity (Wildman–Crippen MR) is 69.8 cm³/mol. The minimum Gasteiger partial charge on any atom is -0.389 e. The van der Waals surface area contributed by atoms with Crippen molar-refractivity contribution in [3.8, 4) is 0 Å². The zero-order valence-electron chi connectivity index (χ0n) is 11.2.